The SMILES string of the molecule is CCCN1CCN(c2cc(C)nc(C(C)C)n2)CC1. The van der Waals surface area contributed by atoms with E-state index in [1.165, 1.54) is 13.0 Å². The maximum atomic E-state index is 4.72. The van der Waals surface area contributed by atoms with E-state index in [-0.39, 0.29) is 0 Å². The predicted molar refractivity (Wildman–Crippen MR) is 79.8 cm³/mol. The van der Waals surface area contributed by atoms with Crippen LogP contribution in [-0.4, -0.2) is 47.6 Å². The molecule has 2 heterocycles. The second-order valence-electron chi connectivity index (χ2n) is 5.71. The van der Waals surface area contributed by atoms with Crippen molar-refractivity contribution in [3.63, 3.8) is 0 Å². The first-order chi connectivity index (χ1) is 9.10. The minimum absolute atomic E-state index is 0.389. The fourth-order valence-electron chi connectivity index (χ4n) is 2.51. The summed E-state index contributed by atoms with van der Waals surface area (Å²) in [6.45, 7) is 14.3. The van der Waals surface area contributed by atoms with E-state index in [0.29, 0.717) is 5.92 Å². The summed E-state index contributed by atoms with van der Waals surface area (Å²) < 4.78 is 0. The first kappa shape index (κ1) is 14.3. The van der Waals surface area contributed by atoms with Gasteiger partial charge in [0.25, 0.3) is 0 Å². The number of aryl methyl sites for hydroxylation is 1. The van der Waals surface area contributed by atoms with Crippen LogP contribution in [0.3, 0.4) is 0 Å². The molecule has 2 rings (SSSR count). The van der Waals surface area contributed by atoms with Crippen molar-refractivity contribution >= 4 is 5.82 Å². The first-order valence-corrected chi connectivity index (χ1v) is 7.43. The molecule has 0 radical (unpaired) electrons. The van der Waals surface area contributed by atoms with Gasteiger partial charge in [0, 0.05) is 43.9 Å². The van der Waals surface area contributed by atoms with E-state index in [4.69, 9.17) is 4.98 Å². The molecule has 0 unspecified atom stereocenters. The molecule has 1 saturated heterocycles. The molecule has 0 saturated carbocycles. The minimum atomic E-state index is 0.389. The van der Waals surface area contributed by atoms with Crippen LogP contribution in [0.5, 0.6) is 0 Å². The Morgan fingerprint density at radius 1 is 1.16 bits per heavy atom. The van der Waals surface area contributed by atoms with Gasteiger partial charge in [-0.05, 0) is 19.9 Å². The van der Waals surface area contributed by atoms with Gasteiger partial charge in [0.05, 0.1) is 0 Å². The second kappa shape index (κ2) is 6.33. The average molecular weight is 262 g/mol. The van der Waals surface area contributed by atoms with Crippen molar-refractivity contribution in [3.05, 3.63) is 17.6 Å². The average Bonchev–Trinajstić information content (AvgIpc) is 2.39. The highest BCUT2D eigenvalue weighted by Gasteiger charge is 2.18. The minimum Gasteiger partial charge on any atom is -0.354 e. The van der Waals surface area contributed by atoms with E-state index >= 15 is 0 Å². The Kier molecular flexibility index (Phi) is 4.75. The number of anilines is 1. The summed E-state index contributed by atoms with van der Waals surface area (Å²) in [5.41, 5.74) is 1.07. The number of hydrogen-bond acceptors (Lipinski definition) is 4. The first-order valence-electron chi connectivity index (χ1n) is 7.43. The van der Waals surface area contributed by atoms with Gasteiger partial charge in [0.15, 0.2) is 0 Å². The number of piperazine rings is 1. The highest BCUT2D eigenvalue weighted by atomic mass is 15.3. The molecule has 1 aliphatic rings. The van der Waals surface area contributed by atoms with E-state index in [1.54, 1.807) is 0 Å². The van der Waals surface area contributed by atoms with Crippen molar-refractivity contribution in [3.8, 4) is 0 Å². The number of aromatic nitrogens is 2. The van der Waals surface area contributed by atoms with Gasteiger partial charge in [-0.1, -0.05) is 20.8 Å². The Hall–Kier alpha value is -1.16. The van der Waals surface area contributed by atoms with Crippen molar-refractivity contribution < 1.29 is 0 Å². The van der Waals surface area contributed by atoms with E-state index in [2.05, 4.69) is 48.5 Å². The van der Waals surface area contributed by atoms with Crippen molar-refractivity contribution in [2.75, 3.05) is 37.6 Å². The molecule has 19 heavy (non-hydrogen) atoms. The molecule has 106 valence electrons. The van der Waals surface area contributed by atoms with Crippen LogP contribution in [-0.2, 0) is 0 Å². The van der Waals surface area contributed by atoms with Gasteiger partial charge in [0.2, 0.25) is 0 Å². The van der Waals surface area contributed by atoms with Crippen LogP contribution in [0.25, 0.3) is 0 Å². The summed E-state index contributed by atoms with van der Waals surface area (Å²) in [7, 11) is 0. The zero-order valence-electron chi connectivity index (χ0n) is 12.7. The molecular weight excluding hydrogens is 236 g/mol. The Bertz CT molecular complexity index is 409. The molecule has 1 aromatic rings. The maximum absolute atomic E-state index is 4.72. The molecule has 1 fully saturated rings. The third-order valence-electron chi connectivity index (χ3n) is 3.61. The Morgan fingerprint density at radius 3 is 2.42 bits per heavy atom. The molecule has 1 aromatic heterocycles. The molecule has 1 aliphatic heterocycles. The van der Waals surface area contributed by atoms with E-state index in [0.717, 1.165) is 43.5 Å². The Morgan fingerprint density at radius 2 is 1.84 bits per heavy atom. The lowest BCUT2D eigenvalue weighted by molar-refractivity contribution is 0.258. The van der Waals surface area contributed by atoms with Crippen molar-refractivity contribution in [2.45, 2.75) is 40.0 Å². The van der Waals surface area contributed by atoms with Crippen LogP contribution in [0.2, 0.25) is 0 Å². The quantitative estimate of drug-likeness (QED) is 0.834. The smallest absolute Gasteiger partial charge is 0.133 e. The predicted octanol–water partition coefficient (Wildman–Crippen LogP) is 2.44. The van der Waals surface area contributed by atoms with Crippen molar-refractivity contribution in [1.29, 1.82) is 0 Å². The van der Waals surface area contributed by atoms with Crippen LogP contribution < -0.4 is 4.90 Å². The third-order valence-corrected chi connectivity index (χ3v) is 3.61. The number of nitrogens with zero attached hydrogens (tertiary/aromatic N) is 4. The monoisotopic (exact) mass is 262 g/mol. The lowest BCUT2D eigenvalue weighted by Gasteiger charge is -2.35. The molecule has 0 N–H and O–H groups in total. The van der Waals surface area contributed by atoms with Gasteiger partial charge < -0.3 is 4.90 Å². The summed E-state index contributed by atoms with van der Waals surface area (Å²) in [4.78, 5) is 14.2. The second-order valence-corrected chi connectivity index (χ2v) is 5.71. The largest absolute Gasteiger partial charge is 0.354 e. The summed E-state index contributed by atoms with van der Waals surface area (Å²) in [5.74, 6) is 2.46. The fourth-order valence-corrected chi connectivity index (χ4v) is 2.51. The molecule has 0 amide bonds. The van der Waals surface area contributed by atoms with Crippen LogP contribution in [0.15, 0.2) is 6.07 Å². The number of rotatable bonds is 4. The molecule has 0 aromatic carbocycles. The lowest BCUT2D eigenvalue weighted by Crippen LogP contribution is -2.46. The maximum Gasteiger partial charge on any atom is 0.133 e. The molecule has 4 nitrogen and oxygen atoms in total. The van der Waals surface area contributed by atoms with Gasteiger partial charge in [-0.15, -0.1) is 0 Å². The molecule has 0 bridgehead atoms. The highest BCUT2D eigenvalue weighted by Crippen LogP contribution is 2.18. The van der Waals surface area contributed by atoms with E-state index < -0.39 is 0 Å². The van der Waals surface area contributed by atoms with Gasteiger partial charge in [-0.2, -0.15) is 0 Å². The highest BCUT2D eigenvalue weighted by molar-refractivity contribution is 5.40. The topological polar surface area (TPSA) is 32.3 Å². The van der Waals surface area contributed by atoms with Gasteiger partial charge in [-0.3, -0.25) is 4.90 Å². The van der Waals surface area contributed by atoms with Gasteiger partial charge in [0.1, 0.15) is 11.6 Å². The normalized spacial score (nSPS) is 17.2. The molecule has 0 spiro atoms. The lowest BCUT2D eigenvalue weighted by atomic mass is 10.2. The van der Waals surface area contributed by atoms with E-state index in [9.17, 15) is 0 Å². The Labute approximate surface area is 116 Å². The van der Waals surface area contributed by atoms with Crippen molar-refractivity contribution in [2.24, 2.45) is 0 Å². The van der Waals surface area contributed by atoms with E-state index in [1.807, 2.05) is 0 Å². The van der Waals surface area contributed by atoms with Gasteiger partial charge >= 0.3 is 0 Å². The zero-order chi connectivity index (χ0) is 13.8. The van der Waals surface area contributed by atoms with Crippen LogP contribution in [0.4, 0.5) is 5.82 Å². The van der Waals surface area contributed by atoms with Crippen molar-refractivity contribution in [1.82, 2.24) is 14.9 Å². The van der Waals surface area contributed by atoms with Crippen LogP contribution >= 0.6 is 0 Å². The fraction of sp³-hybridized carbons (Fsp3) is 0.733. The van der Waals surface area contributed by atoms with Gasteiger partial charge in [-0.25, -0.2) is 9.97 Å². The van der Waals surface area contributed by atoms with Crippen LogP contribution in [0.1, 0.15) is 44.6 Å². The summed E-state index contributed by atoms with van der Waals surface area (Å²) in [6, 6.07) is 2.11. The Balaban J connectivity index is 2.06. The molecule has 4 heteroatoms. The molecular formula is C15H26N4. The third kappa shape index (κ3) is 3.66. The molecule has 0 aliphatic carbocycles. The summed E-state index contributed by atoms with van der Waals surface area (Å²) in [5, 5.41) is 0. The summed E-state index contributed by atoms with van der Waals surface area (Å²) in [6.07, 6.45) is 1.24. The number of hydrogen-bond donors (Lipinski definition) is 0. The molecule has 0 atom stereocenters. The standard InChI is InChI=1S/C15H26N4/c1-5-6-18-7-9-19(10-8-18)14-11-13(4)16-15(17-14)12(2)3/h11-12H,5-10H2,1-4H3. The summed E-state index contributed by atoms with van der Waals surface area (Å²) >= 11 is 0. The zero-order valence-corrected chi connectivity index (χ0v) is 12.7. The van der Waals surface area contributed by atoms with Crippen LogP contribution in [0, 0.1) is 6.92 Å².